The van der Waals surface area contributed by atoms with Crippen LogP contribution in [0.2, 0.25) is 0 Å². The van der Waals surface area contributed by atoms with Crippen molar-refractivity contribution in [2.24, 2.45) is 0 Å². The van der Waals surface area contributed by atoms with Crippen LogP contribution in [0.25, 0.3) is 0 Å². The maximum Gasteiger partial charge on any atom is 0.251 e. The minimum Gasteiger partial charge on any atom is -0.363 e. The minimum absolute atomic E-state index is 0.0390. The number of nitrogens with one attached hydrogen (secondary N) is 3. The molecule has 1 amide bonds. The Morgan fingerprint density at radius 1 is 1.09 bits per heavy atom. The Labute approximate surface area is 142 Å². The molecule has 0 aliphatic rings. The molecule has 23 heavy (non-hydrogen) atoms. The van der Waals surface area contributed by atoms with Crippen LogP contribution in [0.15, 0.2) is 54.6 Å². The van der Waals surface area contributed by atoms with Gasteiger partial charge < -0.3 is 16.0 Å². The second-order valence-corrected chi connectivity index (χ2v) is 5.58. The van der Waals surface area contributed by atoms with Gasteiger partial charge in [-0.15, -0.1) is 0 Å². The third-order valence-corrected chi connectivity index (χ3v) is 3.64. The molecule has 0 aliphatic heterocycles. The van der Waals surface area contributed by atoms with Gasteiger partial charge in [-0.2, -0.15) is 0 Å². The number of hydrogen-bond donors (Lipinski definition) is 3. The van der Waals surface area contributed by atoms with E-state index >= 15 is 0 Å². The summed E-state index contributed by atoms with van der Waals surface area (Å²) in [4.78, 5) is 12.3. The van der Waals surface area contributed by atoms with Crippen LogP contribution in [0.1, 0.15) is 35.8 Å². The van der Waals surface area contributed by atoms with Crippen molar-refractivity contribution in [1.82, 2.24) is 10.6 Å². The van der Waals surface area contributed by atoms with Gasteiger partial charge in [0.25, 0.3) is 5.91 Å². The van der Waals surface area contributed by atoms with Gasteiger partial charge in [0.1, 0.15) is 0 Å². The summed E-state index contributed by atoms with van der Waals surface area (Å²) < 4.78 is 0. The van der Waals surface area contributed by atoms with Crippen LogP contribution < -0.4 is 16.0 Å². The van der Waals surface area contributed by atoms with E-state index in [1.807, 2.05) is 56.3 Å². The van der Waals surface area contributed by atoms with E-state index in [9.17, 15) is 4.79 Å². The van der Waals surface area contributed by atoms with E-state index in [1.165, 1.54) is 0 Å². The fourth-order valence-corrected chi connectivity index (χ4v) is 2.41. The summed E-state index contributed by atoms with van der Waals surface area (Å²) in [5.74, 6) is -0.0952. The number of thiocarbonyl (C=S) groups is 1. The van der Waals surface area contributed by atoms with Gasteiger partial charge in [-0.3, -0.25) is 4.79 Å². The van der Waals surface area contributed by atoms with Crippen molar-refractivity contribution in [3.05, 3.63) is 65.7 Å². The number of hydrogen-bond acceptors (Lipinski definition) is 2. The molecule has 2 rings (SSSR count). The van der Waals surface area contributed by atoms with Crippen LogP contribution in [-0.4, -0.2) is 17.6 Å². The highest BCUT2D eigenvalue weighted by Gasteiger charge is 2.11. The molecule has 0 aromatic heterocycles. The van der Waals surface area contributed by atoms with Crippen molar-refractivity contribution in [2.45, 2.75) is 19.9 Å². The van der Waals surface area contributed by atoms with Crippen LogP contribution in [-0.2, 0) is 0 Å². The largest absolute Gasteiger partial charge is 0.363 e. The highest BCUT2D eigenvalue weighted by molar-refractivity contribution is 7.80. The number of benzene rings is 2. The second kappa shape index (κ2) is 8.29. The van der Waals surface area contributed by atoms with Crippen LogP contribution in [0.3, 0.4) is 0 Å². The molecule has 4 nitrogen and oxygen atoms in total. The molecule has 5 heteroatoms. The molecule has 3 N–H and O–H groups in total. The van der Waals surface area contributed by atoms with E-state index in [-0.39, 0.29) is 11.9 Å². The van der Waals surface area contributed by atoms with E-state index in [0.29, 0.717) is 10.7 Å². The SMILES string of the molecule is CCNC(=S)Nc1ccc(C(=O)NC(C)c2ccccc2)cc1. The number of carbonyl (C=O) groups is 1. The van der Waals surface area contributed by atoms with Crippen LogP contribution in [0.4, 0.5) is 5.69 Å². The normalized spacial score (nSPS) is 11.4. The summed E-state index contributed by atoms with van der Waals surface area (Å²) >= 11 is 5.13. The molecule has 0 fully saturated rings. The van der Waals surface area contributed by atoms with Gasteiger partial charge in [-0.25, -0.2) is 0 Å². The molecule has 0 saturated heterocycles. The molecule has 120 valence electrons. The Morgan fingerprint density at radius 3 is 2.35 bits per heavy atom. The topological polar surface area (TPSA) is 53.2 Å². The summed E-state index contributed by atoms with van der Waals surface area (Å²) in [6.45, 7) is 4.72. The first-order valence-corrected chi connectivity index (χ1v) is 8.01. The molecule has 0 radical (unpaired) electrons. The first-order chi connectivity index (χ1) is 11.1. The van der Waals surface area contributed by atoms with Crippen molar-refractivity contribution < 1.29 is 4.79 Å². The number of carbonyl (C=O) groups excluding carboxylic acids is 1. The first kappa shape index (κ1) is 17.0. The molecule has 2 aromatic carbocycles. The van der Waals surface area contributed by atoms with E-state index in [1.54, 1.807) is 12.1 Å². The number of amides is 1. The van der Waals surface area contributed by atoms with Crippen LogP contribution in [0, 0.1) is 0 Å². The summed E-state index contributed by atoms with van der Waals surface area (Å²) in [7, 11) is 0. The third kappa shape index (κ3) is 5.07. The lowest BCUT2D eigenvalue weighted by Gasteiger charge is -2.14. The van der Waals surface area contributed by atoms with Crippen molar-refractivity contribution >= 4 is 28.9 Å². The second-order valence-electron chi connectivity index (χ2n) is 5.17. The van der Waals surface area contributed by atoms with E-state index in [2.05, 4.69) is 16.0 Å². The van der Waals surface area contributed by atoms with Gasteiger partial charge >= 0.3 is 0 Å². The minimum atomic E-state index is -0.0952. The number of rotatable bonds is 5. The molecule has 0 bridgehead atoms. The zero-order valence-corrected chi connectivity index (χ0v) is 14.1. The lowest BCUT2D eigenvalue weighted by Crippen LogP contribution is -2.28. The zero-order valence-electron chi connectivity index (χ0n) is 13.3. The van der Waals surface area contributed by atoms with Gasteiger partial charge in [0.15, 0.2) is 5.11 Å². The van der Waals surface area contributed by atoms with Gasteiger partial charge in [0.05, 0.1) is 6.04 Å². The fourth-order valence-electron chi connectivity index (χ4n) is 2.15. The van der Waals surface area contributed by atoms with Crippen molar-refractivity contribution in [2.75, 3.05) is 11.9 Å². The van der Waals surface area contributed by atoms with E-state index < -0.39 is 0 Å². The molecule has 0 spiro atoms. The van der Waals surface area contributed by atoms with Gasteiger partial charge in [-0.05, 0) is 55.9 Å². The quantitative estimate of drug-likeness (QED) is 0.736. The van der Waals surface area contributed by atoms with Crippen molar-refractivity contribution in [3.8, 4) is 0 Å². The smallest absolute Gasteiger partial charge is 0.251 e. The van der Waals surface area contributed by atoms with Crippen molar-refractivity contribution in [1.29, 1.82) is 0 Å². The molecule has 0 saturated carbocycles. The molecular formula is C18H21N3OS. The van der Waals surface area contributed by atoms with Crippen LogP contribution in [0.5, 0.6) is 0 Å². The van der Waals surface area contributed by atoms with E-state index in [4.69, 9.17) is 12.2 Å². The average molecular weight is 327 g/mol. The van der Waals surface area contributed by atoms with Gasteiger partial charge in [0, 0.05) is 17.8 Å². The zero-order chi connectivity index (χ0) is 16.7. The molecule has 1 unspecified atom stereocenters. The first-order valence-electron chi connectivity index (χ1n) is 7.61. The fraction of sp³-hybridized carbons (Fsp3) is 0.222. The van der Waals surface area contributed by atoms with Crippen molar-refractivity contribution in [3.63, 3.8) is 0 Å². The Kier molecular flexibility index (Phi) is 6.11. The van der Waals surface area contributed by atoms with Crippen LogP contribution >= 0.6 is 12.2 Å². The third-order valence-electron chi connectivity index (χ3n) is 3.39. The predicted molar refractivity (Wildman–Crippen MR) is 98.7 cm³/mol. The molecule has 0 aliphatic carbocycles. The molecular weight excluding hydrogens is 306 g/mol. The Morgan fingerprint density at radius 2 is 1.74 bits per heavy atom. The lowest BCUT2D eigenvalue weighted by atomic mass is 10.1. The molecule has 0 heterocycles. The average Bonchev–Trinajstić information content (AvgIpc) is 2.56. The van der Waals surface area contributed by atoms with Gasteiger partial charge in [-0.1, -0.05) is 30.3 Å². The summed E-state index contributed by atoms with van der Waals surface area (Å²) in [6.07, 6.45) is 0. The summed E-state index contributed by atoms with van der Waals surface area (Å²) in [5, 5.41) is 9.65. The molecule has 1 atom stereocenters. The summed E-state index contributed by atoms with van der Waals surface area (Å²) in [6, 6.07) is 17.1. The predicted octanol–water partition coefficient (Wildman–Crippen LogP) is 3.48. The maximum atomic E-state index is 12.3. The molecule has 2 aromatic rings. The lowest BCUT2D eigenvalue weighted by molar-refractivity contribution is 0.0940. The Balaban J connectivity index is 1.96. The standard InChI is InChI=1S/C18H21N3OS/c1-3-19-18(23)21-16-11-9-15(10-12-16)17(22)20-13(2)14-7-5-4-6-8-14/h4-13H,3H2,1-2H3,(H,20,22)(H2,19,21,23). The van der Waals surface area contributed by atoms with E-state index in [0.717, 1.165) is 17.8 Å². The highest BCUT2D eigenvalue weighted by Crippen LogP contribution is 2.14. The maximum absolute atomic E-state index is 12.3. The van der Waals surface area contributed by atoms with Gasteiger partial charge in [0.2, 0.25) is 0 Å². The monoisotopic (exact) mass is 327 g/mol. The Hall–Kier alpha value is -2.40. The number of anilines is 1. The Bertz CT molecular complexity index is 656. The highest BCUT2D eigenvalue weighted by atomic mass is 32.1. The summed E-state index contributed by atoms with van der Waals surface area (Å²) in [5.41, 5.74) is 2.55.